The fourth-order valence-corrected chi connectivity index (χ4v) is 2.84. The number of para-hydroxylation sites is 3. The van der Waals surface area contributed by atoms with Crippen LogP contribution >= 0.6 is 0 Å². The Balaban J connectivity index is 2.00. The lowest BCUT2D eigenvalue weighted by molar-refractivity contribution is -0.144. The van der Waals surface area contributed by atoms with Crippen LogP contribution in [0.15, 0.2) is 60.8 Å². The number of methoxy groups -OCH3 is 1. The van der Waals surface area contributed by atoms with Crippen LogP contribution < -0.4 is 15.4 Å². The number of ether oxygens (including phenoxy) is 2. The van der Waals surface area contributed by atoms with Gasteiger partial charge in [-0.3, -0.25) is 9.59 Å². The minimum absolute atomic E-state index is 0.0148. The van der Waals surface area contributed by atoms with Crippen molar-refractivity contribution in [2.75, 3.05) is 24.4 Å². The number of Topliss-reactive ketones (excluding diaryl/α,β-unsaturated/α-hetero) is 1. The molecule has 9 heteroatoms. The lowest BCUT2D eigenvalue weighted by atomic mass is 10.0. The Morgan fingerprint density at radius 1 is 1.09 bits per heavy atom. The van der Waals surface area contributed by atoms with Crippen molar-refractivity contribution in [1.82, 2.24) is 9.97 Å². The smallest absolute Gasteiger partial charge is 0.331 e. The number of nitrogens with one attached hydrogen (secondary N) is 2. The van der Waals surface area contributed by atoms with E-state index in [9.17, 15) is 14.9 Å². The third-order valence-electron chi connectivity index (χ3n) is 4.36. The highest BCUT2D eigenvalue weighted by Crippen LogP contribution is 2.28. The van der Waals surface area contributed by atoms with Crippen LogP contribution in [0.5, 0.6) is 5.75 Å². The van der Waals surface area contributed by atoms with Gasteiger partial charge in [0, 0.05) is 11.9 Å². The van der Waals surface area contributed by atoms with Gasteiger partial charge in [0.2, 0.25) is 11.9 Å². The van der Waals surface area contributed by atoms with Gasteiger partial charge in [0.05, 0.1) is 31.0 Å². The third kappa shape index (κ3) is 5.17. The van der Waals surface area contributed by atoms with E-state index in [2.05, 4.69) is 20.6 Å². The Hall–Kier alpha value is -4.45. The molecule has 0 aliphatic carbocycles. The summed E-state index contributed by atoms with van der Waals surface area (Å²) >= 11 is 0. The number of aromatic nitrogens is 2. The minimum Gasteiger partial charge on any atom is -0.495 e. The van der Waals surface area contributed by atoms with E-state index < -0.39 is 17.7 Å². The number of benzene rings is 2. The molecule has 1 heterocycles. The molecule has 0 saturated heterocycles. The van der Waals surface area contributed by atoms with Gasteiger partial charge >= 0.3 is 5.97 Å². The molecule has 2 aromatic carbocycles. The van der Waals surface area contributed by atoms with Crippen LogP contribution in [-0.4, -0.2) is 35.4 Å². The van der Waals surface area contributed by atoms with Crippen LogP contribution in [0.25, 0.3) is 0 Å². The van der Waals surface area contributed by atoms with E-state index in [1.165, 1.54) is 6.20 Å². The summed E-state index contributed by atoms with van der Waals surface area (Å²) in [5.41, 5.74) is 1.27. The second-order valence-corrected chi connectivity index (χ2v) is 6.45. The number of carbonyl (C=O) groups is 2. The molecule has 0 bridgehead atoms. The molecular weight excluding hydrogens is 410 g/mol. The molecule has 162 valence electrons. The molecule has 0 spiro atoms. The van der Waals surface area contributed by atoms with E-state index in [1.54, 1.807) is 44.4 Å². The quantitative estimate of drug-likeness (QED) is 0.295. The highest BCUT2D eigenvalue weighted by molar-refractivity contribution is 6.13. The van der Waals surface area contributed by atoms with Gasteiger partial charge in [-0.25, -0.2) is 4.98 Å². The first-order valence-electron chi connectivity index (χ1n) is 9.77. The Kier molecular flexibility index (Phi) is 7.33. The number of hydrogen-bond acceptors (Lipinski definition) is 9. The van der Waals surface area contributed by atoms with Crippen LogP contribution in [0, 0.1) is 17.2 Å². The minimum atomic E-state index is -1.62. The first kappa shape index (κ1) is 22.2. The van der Waals surface area contributed by atoms with Gasteiger partial charge in [-0.15, -0.1) is 0 Å². The lowest BCUT2D eigenvalue weighted by Gasteiger charge is -2.15. The third-order valence-corrected chi connectivity index (χ3v) is 4.36. The lowest BCUT2D eigenvalue weighted by Crippen LogP contribution is -2.26. The Bertz CT molecular complexity index is 1140. The van der Waals surface area contributed by atoms with Gasteiger partial charge in [0.25, 0.3) is 0 Å². The number of esters is 1. The average molecular weight is 431 g/mol. The van der Waals surface area contributed by atoms with Gasteiger partial charge in [-0.2, -0.15) is 10.2 Å². The van der Waals surface area contributed by atoms with Gasteiger partial charge in [-0.05, 0) is 31.2 Å². The number of nitrogens with zero attached hydrogens (tertiary/aromatic N) is 3. The number of rotatable bonds is 9. The van der Waals surface area contributed by atoms with E-state index in [-0.39, 0.29) is 23.9 Å². The summed E-state index contributed by atoms with van der Waals surface area (Å²) in [5.74, 6) is -2.38. The summed E-state index contributed by atoms with van der Waals surface area (Å²) in [6.07, 6.45) is 1.27. The molecule has 0 saturated carbocycles. The van der Waals surface area contributed by atoms with Gasteiger partial charge in [0.15, 0.2) is 5.78 Å². The van der Waals surface area contributed by atoms with Crippen LogP contribution in [0.1, 0.15) is 17.3 Å². The van der Waals surface area contributed by atoms with E-state index >= 15 is 0 Å². The molecule has 1 atom stereocenters. The molecule has 0 aliphatic rings. The molecular formula is C23H21N5O4. The summed E-state index contributed by atoms with van der Waals surface area (Å²) in [6, 6.07) is 18.0. The predicted molar refractivity (Wildman–Crippen MR) is 118 cm³/mol. The van der Waals surface area contributed by atoms with E-state index in [1.807, 2.05) is 30.3 Å². The van der Waals surface area contributed by atoms with Crippen LogP contribution in [-0.2, 0) is 9.53 Å². The van der Waals surface area contributed by atoms with Crippen molar-refractivity contribution in [3.63, 3.8) is 0 Å². The topological polar surface area (TPSA) is 126 Å². The average Bonchev–Trinajstić information content (AvgIpc) is 2.81. The molecule has 32 heavy (non-hydrogen) atoms. The first-order valence-corrected chi connectivity index (χ1v) is 9.77. The number of carbonyl (C=O) groups excluding carboxylic acids is 2. The second kappa shape index (κ2) is 10.5. The van der Waals surface area contributed by atoms with Crippen molar-refractivity contribution in [3.05, 3.63) is 66.4 Å². The Morgan fingerprint density at radius 2 is 1.81 bits per heavy atom. The van der Waals surface area contributed by atoms with Crippen LogP contribution in [0.4, 0.5) is 23.1 Å². The number of hydrogen-bond donors (Lipinski definition) is 2. The SMILES string of the molecule is CCOC(=O)C(C#N)C(=O)c1cnc(Nc2ccccc2OC)nc1Nc1ccccc1. The fourth-order valence-electron chi connectivity index (χ4n) is 2.84. The maximum Gasteiger partial charge on any atom is 0.331 e. The molecule has 1 aromatic heterocycles. The Morgan fingerprint density at radius 3 is 2.50 bits per heavy atom. The van der Waals surface area contributed by atoms with Crippen molar-refractivity contribution in [2.45, 2.75) is 6.92 Å². The fraction of sp³-hybridized carbons (Fsp3) is 0.174. The molecule has 0 radical (unpaired) electrons. The maximum atomic E-state index is 13.0. The summed E-state index contributed by atoms with van der Waals surface area (Å²) in [6.45, 7) is 1.65. The largest absolute Gasteiger partial charge is 0.495 e. The van der Waals surface area contributed by atoms with E-state index in [0.717, 1.165) is 0 Å². The van der Waals surface area contributed by atoms with Crippen molar-refractivity contribution >= 4 is 34.9 Å². The summed E-state index contributed by atoms with van der Waals surface area (Å²) < 4.78 is 10.2. The molecule has 2 N–H and O–H groups in total. The predicted octanol–water partition coefficient (Wildman–Crippen LogP) is 3.86. The molecule has 0 fully saturated rings. The highest BCUT2D eigenvalue weighted by atomic mass is 16.5. The molecule has 9 nitrogen and oxygen atoms in total. The van der Waals surface area contributed by atoms with Gasteiger partial charge < -0.3 is 20.1 Å². The van der Waals surface area contributed by atoms with E-state index in [4.69, 9.17) is 9.47 Å². The standard InChI is InChI=1S/C23H21N5O4/c1-3-32-22(30)16(13-24)20(29)17-14-25-23(27-18-11-7-8-12-19(18)31-2)28-21(17)26-15-9-5-4-6-10-15/h4-12,14,16H,3H2,1-2H3,(H2,25,26,27,28). The summed E-state index contributed by atoms with van der Waals surface area (Å²) in [7, 11) is 1.54. The summed E-state index contributed by atoms with van der Waals surface area (Å²) in [4.78, 5) is 33.7. The highest BCUT2D eigenvalue weighted by Gasteiger charge is 2.31. The Labute approximate surface area is 185 Å². The normalized spacial score (nSPS) is 11.0. The van der Waals surface area contributed by atoms with Crippen molar-refractivity contribution in [2.24, 2.45) is 5.92 Å². The zero-order valence-electron chi connectivity index (χ0n) is 17.5. The zero-order chi connectivity index (χ0) is 22.9. The number of ketones is 1. The van der Waals surface area contributed by atoms with Crippen LogP contribution in [0.3, 0.4) is 0 Å². The van der Waals surface area contributed by atoms with E-state index in [0.29, 0.717) is 17.1 Å². The van der Waals surface area contributed by atoms with Gasteiger partial charge in [0.1, 0.15) is 11.6 Å². The monoisotopic (exact) mass is 431 g/mol. The maximum absolute atomic E-state index is 13.0. The summed E-state index contributed by atoms with van der Waals surface area (Å²) in [5, 5.41) is 15.5. The van der Waals surface area contributed by atoms with Crippen LogP contribution in [0.2, 0.25) is 0 Å². The second-order valence-electron chi connectivity index (χ2n) is 6.45. The van der Waals surface area contributed by atoms with Crippen molar-refractivity contribution < 1.29 is 19.1 Å². The number of anilines is 4. The molecule has 0 aliphatic heterocycles. The van der Waals surface area contributed by atoms with Crippen molar-refractivity contribution in [3.8, 4) is 11.8 Å². The molecule has 3 rings (SSSR count). The zero-order valence-corrected chi connectivity index (χ0v) is 17.5. The van der Waals surface area contributed by atoms with Crippen molar-refractivity contribution in [1.29, 1.82) is 5.26 Å². The first-order chi connectivity index (χ1) is 15.6. The molecule has 1 unspecified atom stereocenters. The number of nitriles is 1. The molecule has 3 aromatic rings. The van der Waals surface area contributed by atoms with Gasteiger partial charge in [-0.1, -0.05) is 30.3 Å². The molecule has 0 amide bonds.